The summed E-state index contributed by atoms with van der Waals surface area (Å²) in [5.41, 5.74) is 0. The molecule has 0 saturated heterocycles. The van der Waals surface area contributed by atoms with Gasteiger partial charge in [0.25, 0.3) is 0 Å². The van der Waals surface area contributed by atoms with Crippen LogP contribution in [0.1, 0.15) is 11.3 Å². The van der Waals surface area contributed by atoms with Crippen molar-refractivity contribution in [2.24, 2.45) is 0 Å². The number of rotatable bonds is 5. The summed E-state index contributed by atoms with van der Waals surface area (Å²) in [6.07, 6.45) is 0.958. The third-order valence-electron chi connectivity index (χ3n) is 1.66. The zero-order chi connectivity index (χ0) is 10.4. The lowest BCUT2D eigenvalue weighted by Gasteiger charge is -2.01. The summed E-state index contributed by atoms with van der Waals surface area (Å²) in [6, 6.07) is 3.79. The second kappa shape index (κ2) is 6.01. The van der Waals surface area contributed by atoms with Crippen LogP contribution >= 0.6 is 22.9 Å². The van der Waals surface area contributed by atoms with E-state index in [1.54, 1.807) is 0 Å². The van der Waals surface area contributed by atoms with Gasteiger partial charge in [-0.2, -0.15) is 0 Å². The van der Waals surface area contributed by atoms with Crippen molar-refractivity contribution in [3.63, 3.8) is 0 Å². The van der Waals surface area contributed by atoms with E-state index in [4.69, 9.17) is 16.7 Å². The van der Waals surface area contributed by atoms with E-state index in [1.165, 1.54) is 11.3 Å². The molecule has 14 heavy (non-hydrogen) atoms. The molecule has 1 amide bonds. The largest absolute Gasteiger partial charge is 0.396 e. The van der Waals surface area contributed by atoms with Crippen LogP contribution in [0.15, 0.2) is 12.1 Å². The third-order valence-corrected chi connectivity index (χ3v) is 2.95. The van der Waals surface area contributed by atoms with Crippen molar-refractivity contribution in [2.75, 3.05) is 13.2 Å². The van der Waals surface area contributed by atoms with Gasteiger partial charge in [0.1, 0.15) is 0 Å². The predicted octanol–water partition coefficient (Wildman–Crippen LogP) is 1.44. The number of aliphatic hydroxyl groups excluding tert-OH is 1. The van der Waals surface area contributed by atoms with Gasteiger partial charge in [0.2, 0.25) is 5.91 Å². The fourth-order valence-electron chi connectivity index (χ4n) is 1.00. The maximum atomic E-state index is 10.9. The Balaban J connectivity index is 2.18. The van der Waals surface area contributed by atoms with Gasteiger partial charge < -0.3 is 10.4 Å². The molecule has 0 fully saturated rings. The van der Waals surface area contributed by atoms with Crippen LogP contribution in [0.4, 0.5) is 0 Å². The van der Waals surface area contributed by atoms with Gasteiger partial charge in [-0.25, -0.2) is 0 Å². The minimum absolute atomic E-state index is 0.101. The molecule has 78 valence electrons. The summed E-state index contributed by atoms with van der Waals surface area (Å²) in [6.45, 7) is 0.492. The number of aliphatic hydroxyl groups is 1. The third kappa shape index (κ3) is 4.09. The van der Waals surface area contributed by atoms with Crippen molar-refractivity contribution in [2.45, 2.75) is 12.8 Å². The average Bonchev–Trinajstić information content (AvgIpc) is 2.52. The fraction of sp³-hybridized carbons (Fsp3) is 0.444. The molecular formula is C9H12ClNO2S. The van der Waals surface area contributed by atoms with Crippen molar-refractivity contribution in [3.05, 3.63) is 21.3 Å². The van der Waals surface area contributed by atoms with Gasteiger partial charge in [-0.15, -0.1) is 11.3 Å². The first-order chi connectivity index (χ1) is 6.72. The number of halogens is 1. The fourth-order valence-corrected chi connectivity index (χ4v) is 2.09. The molecule has 0 aliphatic rings. The molecule has 0 atom stereocenters. The second-order valence-electron chi connectivity index (χ2n) is 2.78. The van der Waals surface area contributed by atoms with Gasteiger partial charge in [0.15, 0.2) is 0 Å². The van der Waals surface area contributed by atoms with Crippen molar-refractivity contribution < 1.29 is 9.90 Å². The lowest BCUT2D eigenvalue weighted by molar-refractivity contribution is -0.121. The number of carbonyl (C=O) groups is 1. The number of amides is 1. The number of hydrogen-bond donors (Lipinski definition) is 2. The summed E-state index contributed by atoms with van der Waals surface area (Å²) in [5.74, 6) is -0.116. The molecule has 0 saturated carbocycles. The van der Waals surface area contributed by atoms with E-state index >= 15 is 0 Å². The first kappa shape index (κ1) is 11.5. The van der Waals surface area contributed by atoms with Crippen LogP contribution < -0.4 is 5.32 Å². The number of thiophene rings is 1. The number of hydrogen-bond acceptors (Lipinski definition) is 3. The minimum Gasteiger partial charge on any atom is -0.396 e. The lowest BCUT2D eigenvalue weighted by atomic mass is 10.3. The van der Waals surface area contributed by atoms with Crippen molar-refractivity contribution in [1.29, 1.82) is 0 Å². The quantitative estimate of drug-likeness (QED) is 0.809. The lowest BCUT2D eigenvalue weighted by Crippen LogP contribution is -2.25. The van der Waals surface area contributed by atoms with Crippen molar-refractivity contribution in [1.82, 2.24) is 5.32 Å². The van der Waals surface area contributed by atoms with E-state index in [2.05, 4.69) is 5.32 Å². The normalized spacial score (nSPS) is 10.1. The molecule has 0 radical (unpaired) electrons. The summed E-state index contributed by atoms with van der Waals surface area (Å²) in [5, 5.41) is 11.2. The van der Waals surface area contributed by atoms with Crippen LogP contribution in [0.25, 0.3) is 0 Å². The van der Waals surface area contributed by atoms with E-state index in [-0.39, 0.29) is 18.9 Å². The number of carbonyl (C=O) groups excluding carboxylic acids is 1. The van der Waals surface area contributed by atoms with Gasteiger partial charge in [-0.05, 0) is 18.6 Å². The summed E-state index contributed by atoms with van der Waals surface area (Å²) in [4.78, 5) is 12.1. The van der Waals surface area contributed by atoms with Crippen LogP contribution in [0.3, 0.4) is 0 Å². The Morgan fingerprint density at radius 2 is 2.36 bits per heavy atom. The molecule has 5 heteroatoms. The van der Waals surface area contributed by atoms with Gasteiger partial charge in [0.05, 0.1) is 10.9 Å². The molecule has 1 aromatic rings. The maximum absolute atomic E-state index is 10.9. The number of nitrogens with one attached hydrogen (secondary N) is 1. The second-order valence-corrected chi connectivity index (χ2v) is 4.58. The van der Waals surface area contributed by atoms with Gasteiger partial charge in [-0.1, -0.05) is 11.6 Å². The Kier molecular flexibility index (Phi) is 4.93. The van der Waals surface area contributed by atoms with E-state index in [1.807, 2.05) is 12.1 Å². The molecule has 1 aromatic heterocycles. The van der Waals surface area contributed by atoms with Gasteiger partial charge in [0, 0.05) is 17.8 Å². The molecule has 0 aliphatic carbocycles. The Morgan fingerprint density at radius 3 is 2.93 bits per heavy atom. The van der Waals surface area contributed by atoms with Crippen molar-refractivity contribution >= 4 is 28.8 Å². The zero-order valence-corrected chi connectivity index (χ0v) is 9.20. The van der Waals surface area contributed by atoms with Crippen LogP contribution in [-0.4, -0.2) is 24.2 Å². The molecular weight excluding hydrogens is 222 g/mol. The van der Waals surface area contributed by atoms with E-state index in [9.17, 15) is 4.79 Å². The highest BCUT2D eigenvalue weighted by Gasteiger charge is 2.00. The molecule has 0 aliphatic heterocycles. The van der Waals surface area contributed by atoms with Crippen LogP contribution in [0, 0.1) is 0 Å². The highest BCUT2D eigenvalue weighted by molar-refractivity contribution is 7.16. The molecule has 1 rings (SSSR count). The van der Waals surface area contributed by atoms with E-state index in [0.29, 0.717) is 6.54 Å². The van der Waals surface area contributed by atoms with E-state index < -0.39 is 0 Å². The Bertz CT molecular complexity index is 301. The topological polar surface area (TPSA) is 49.3 Å². The molecule has 0 aromatic carbocycles. The van der Waals surface area contributed by atoms with E-state index in [0.717, 1.165) is 15.6 Å². The van der Waals surface area contributed by atoms with Gasteiger partial charge >= 0.3 is 0 Å². The SMILES string of the molecule is O=C(CCO)NCCc1ccc(Cl)s1. The molecule has 0 spiro atoms. The first-order valence-electron chi connectivity index (χ1n) is 4.34. The standard InChI is InChI=1S/C9H12ClNO2S/c10-8-2-1-7(14-8)3-5-11-9(13)4-6-12/h1-2,12H,3-6H2,(H,11,13). The monoisotopic (exact) mass is 233 g/mol. The maximum Gasteiger partial charge on any atom is 0.222 e. The summed E-state index contributed by atoms with van der Waals surface area (Å²) in [7, 11) is 0. The highest BCUT2D eigenvalue weighted by Crippen LogP contribution is 2.21. The van der Waals surface area contributed by atoms with Crippen LogP contribution in [0.2, 0.25) is 4.34 Å². The predicted molar refractivity (Wildman–Crippen MR) is 57.7 cm³/mol. The molecule has 0 bridgehead atoms. The Hall–Kier alpha value is -0.580. The van der Waals surface area contributed by atoms with Crippen LogP contribution in [-0.2, 0) is 11.2 Å². The highest BCUT2D eigenvalue weighted by atomic mass is 35.5. The zero-order valence-electron chi connectivity index (χ0n) is 7.62. The average molecular weight is 234 g/mol. The first-order valence-corrected chi connectivity index (χ1v) is 5.53. The van der Waals surface area contributed by atoms with Crippen molar-refractivity contribution in [3.8, 4) is 0 Å². The smallest absolute Gasteiger partial charge is 0.222 e. The minimum atomic E-state index is -0.116. The molecule has 1 heterocycles. The van der Waals surface area contributed by atoms with Crippen LogP contribution in [0.5, 0.6) is 0 Å². The Labute approximate surface area is 91.7 Å². The molecule has 0 unspecified atom stereocenters. The summed E-state index contributed by atoms with van der Waals surface area (Å²) >= 11 is 7.27. The van der Waals surface area contributed by atoms with Gasteiger partial charge in [-0.3, -0.25) is 4.79 Å². The Morgan fingerprint density at radius 1 is 1.57 bits per heavy atom. The molecule has 2 N–H and O–H groups in total. The molecule has 3 nitrogen and oxygen atoms in total. The summed E-state index contributed by atoms with van der Waals surface area (Å²) < 4.78 is 0.765.